The molecule has 7 heteroatoms. The van der Waals surface area contributed by atoms with Gasteiger partial charge in [-0.3, -0.25) is 9.59 Å². The molecule has 1 aromatic heterocycles. The third-order valence-electron chi connectivity index (χ3n) is 2.80. The Balaban J connectivity index is 2.40. The molecule has 0 saturated heterocycles. The average Bonchev–Trinajstić information content (AvgIpc) is 2.87. The second-order valence-corrected chi connectivity index (χ2v) is 5.69. The van der Waals surface area contributed by atoms with Gasteiger partial charge < -0.3 is 20.2 Å². The summed E-state index contributed by atoms with van der Waals surface area (Å²) in [7, 11) is 0. The van der Waals surface area contributed by atoms with Crippen molar-refractivity contribution >= 4 is 17.8 Å². The van der Waals surface area contributed by atoms with Gasteiger partial charge in [0.25, 0.3) is 5.91 Å². The van der Waals surface area contributed by atoms with E-state index in [2.05, 4.69) is 10.6 Å². The van der Waals surface area contributed by atoms with E-state index in [1.807, 2.05) is 0 Å². The second-order valence-electron chi connectivity index (χ2n) is 5.69. The molecule has 21 heavy (non-hydrogen) atoms. The normalized spacial score (nSPS) is 12.5. The van der Waals surface area contributed by atoms with Crippen molar-refractivity contribution in [3.05, 3.63) is 24.2 Å². The fourth-order valence-electron chi connectivity index (χ4n) is 1.67. The molecule has 0 spiro atoms. The summed E-state index contributed by atoms with van der Waals surface area (Å²) in [6.45, 7) is 5.28. The predicted molar refractivity (Wildman–Crippen MR) is 74.7 cm³/mol. The first-order valence-corrected chi connectivity index (χ1v) is 6.55. The number of hydrogen-bond donors (Lipinski definition) is 3. The van der Waals surface area contributed by atoms with Gasteiger partial charge in [0.1, 0.15) is 6.04 Å². The van der Waals surface area contributed by atoms with Gasteiger partial charge in [0, 0.05) is 13.0 Å². The third-order valence-corrected chi connectivity index (χ3v) is 2.80. The minimum absolute atomic E-state index is 0.00763. The number of hydrogen-bond acceptors (Lipinski definition) is 4. The summed E-state index contributed by atoms with van der Waals surface area (Å²) in [5, 5.41) is 14.1. The lowest BCUT2D eigenvalue weighted by molar-refractivity contribution is -0.144. The molecule has 0 unspecified atom stereocenters. The first-order chi connectivity index (χ1) is 9.71. The van der Waals surface area contributed by atoms with Crippen LogP contribution in [-0.4, -0.2) is 35.5 Å². The minimum atomic E-state index is -1.09. The number of carbonyl (C=O) groups is 3. The van der Waals surface area contributed by atoms with Crippen LogP contribution in [0.4, 0.5) is 0 Å². The highest BCUT2D eigenvalue weighted by molar-refractivity contribution is 5.91. The highest BCUT2D eigenvalue weighted by Gasteiger charge is 2.32. The van der Waals surface area contributed by atoms with Crippen LogP contribution in [0.5, 0.6) is 0 Å². The Morgan fingerprint density at radius 3 is 2.48 bits per heavy atom. The second kappa shape index (κ2) is 6.92. The Morgan fingerprint density at radius 1 is 1.33 bits per heavy atom. The van der Waals surface area contributed by atoms with Crippen molar-refractivity contribution in [1.29, 1.82) is 0 Å². The van der Waals surface area contributed by atoms with E-state index in [1.165, 1.54) is 12.3 Å². The van der Waals surface area contributed by atoms with Crippen molar-refractivity contribution < 1.29 is 23.9 Å². The highest BCUT2D eigenvalue weighted by atomic mass is 16.4. The van der Waals surface area contributed by atoms with Crippen LogP contribution >= 0.6 is 0 Å². The number of aliphatic carboxylic acids is 1. The van der Waals surface area contributed by atoms with E-state index in [0.717, 1.165) is 0 Å². The number of carboxylic acids is 1. The standard InChI is InChI=1S/C14H20N2O5/c1-14(2,3)11(13(19)20)16-10(17)6-7-15-12(18)9-5-4-8-21-9/h4-5,8,11H,6-7H2,1-3H3,(H,15,18)(H,16,17)(H,19,20)/t11-/m0/s1. The number of carboxylic acid groups (broad SMARTS) is 1. The van der Waals surface area contributed by atoms with Crippen LogP contribution in [0.2, 0.25) is 0 Å². The van der Waals surface area contributed by atoms with Crippen molar-refractivity contribution in [3.63, 3.8) is 0 Å². The molecule has 116 valence electrons. The molecule has 2 amide bonds. The molecule has 3 N–H and O–H groups in total. The first-order valence-electron chi connectivity index (χ1n) is 6.55. The van der Waals surface area contributed by atoms with Gasteiger partial charge in [0.15, 0.2) is 5.76 Å². The van der Waals surface area contributed by atoms with Crippen molar-refractivity contribution in [3.8, 4) is 0 Å². The lowest BCUT2D eigenvalue weighted by Gasteiger charge is -2.27. The van der Waals surface area contributed by atoms with Crippen LogP contribution in [0, 0.1) is 5.41 Å². The molecule has 1 heterocycles. The zero-order valence-corrected chi connectivity index (χ0v) is 12.3. The number of furan rings is 1. The Bertz CT molecular complexity index is 502. The molecule has 1 rings (SSSR count). The van der Waals surface area contributed by atoms with Crippen LogP contribution < -0.4 is 10.6 Å². The van der Waals surface area contributed by atoms with Gasteiger partial charge in [0.2, 0.25) is 5.91 Å². The summed E-state index contributed by atoms with van der Waals surface area (Å²) in [6, 6.07) is 2.11. The molecule has 0 aliphatic carbocycles. The minimum Gasteiger partial charge on any atom is -0.480 e. The van der Waals surface area contributed by atoms with Crippen LogP contribution in [-0.2, 0) is 9.59 Å². The average molecular weight is 296 g/mol. The summed E-state index contributed by atoms with van der Waals surface area (Å²) < 4.78 is 4.90. The van der Waals surface area contributed by atoms with Gasteiger partial charge in [-0.05, 0) is 17.5 Å². The quantitative estimate of drug-likeness (QED) is 0.726. The van der Waals surface area contributed by atoms with Crippen molar-refractivity contribution in [2.45, 2.75) is 33.2 Å². The summed E-state index contributed by atoms with van der Waals surface area (Å²) in [5.74, 6) is -1.78. The van der Waals surface area contributed by atoms with Crippen molar-refractivity contribution in [1.82, 2.24) is 10.6 Å². The summed E-state index contributed by atoms with van der Waals surface area (Å²) in [4.78, 5) is 34.4. The van der Waals surface area contributed by atoms with Crippen LogP contribution in [0.15, 0.2) is 22.8 Å². The van der Waals surface area contributed by atoms with Gasteiger partial charge in [-0.1, -0.05) is 20.8 Å². The lowest BCUT2D eigenvalue weighted by Crippen LogP contribution is -2.49. The molecule has 1 aromatic rings. The van der Waals surface area contributed by atoms with Crippen molar-refractivity contribution in [2.24, 2.45) is 5.41 Å². The maximum atomic E-state index is 11.7. The van der Waals surface area contributed by atoms with Gasteiger partial charge in [-0.15, -0.1) is 0 Å². The number of carbonyl (C=O) groups excluding carboxylic acids is 2. The van der Waals surface area contributed by atoms with E-state index in [0.29, 0.717) is 0 Å². The molecular formula is C14H20N2O5. The SMILES string of the molecule is CC(C)(C)[C@@H](NC(=O)CCNC(=O)c1ccco1)C(=O)O. The molecule has 0 radical (unpaired) electrons. The zero-order valence-electron chi connectivity index (χ0n) is 12.3. The first kappa shape index (κ1) is 16.7. The van der Waals surface area contributed by atoms with Gasteiger partial charge in [-0.25, -0.2) is 4.79 Å². The molecule has 0 fully saturated rings. The third kappa shape index (κ3) is 5.29. The van der Waals surface area contributed by atoms with E-state index >= 15 is 0 Å². The monoisotopic (exact) mass is 296 g/mol. The highest BCUT2D eigenvalue weighted by Crippen LogP contribution is 2.19. The van der Waals surface area contributed by atoms with Crippen LogP contribution in [0.1, 0.15) is 37.7 Å². The number of amides is 2. The Morgan fingerprint density at radius 2 is 2.00 bits per heavy atom. The fourth-order valence-corrected chi connectivity index (χ4v) is 1.67. The zero-order chi connectivity index (χ0) is 16.0. The van der Waals surface area contributed by atoms with Gasteiger partial charge in [-0.2, -0.15) is 0 Å². The molecule has 7 nitrogen and oxygen atoms in total. The maximum absolute atomic E-state index is 11.7. The fraction of sp³-hybridized carbons (Fsp3) is 0.500. The summed E-state index contributed by atoms with van der Waals surface area (Å²) in [5.41, 5.74) is -0.598. The Kier molecular flexibility index (Phi) is 5.52. The van der Waals surface area contributed by atoms with E-state index in [9.17, 15) is 14.4 Å². The maximum Gasteiger partial charge on any atom is 0.326 e. The Hall–Kier alpha value is -2.31. The van der Waals surface area contributed by atoms with Crippen molar-refractivity contribution in [2.75, 3.05) is 6.54 Å². The molecule has 0 bridgehead atoms. The summed E-state index contributed by atoms with van der Waals surface area (Å²) >= 11 is 0. The van der Waals surface area contributed by atoms with E-state index < -0.39 is 29.2 Å². The molecule has 0 aliphatic heterocycles. The summed E-state index contributed by atoms with van der Waals surface area (Å²) in [6.07, 6.45) is 1.37. The topological polar surface area (TPSA) is 109 Å². The largest absolute Gasteiger partial charge is 0.480 e. The molecule has 0 aliphatic rings. The van der Waals surface area contributed by atoms with Gasteiger partial charge in [0.05, 0.1) is 6.26 Å². The molecule has 0 aromatic carbocycles. The van der Waals surface area contributed by atoms with E-state index in [4.69, 9.17) is 9.52 Å². The van der Waals surface area contributed by atoms with E-state index in [-0.39, 0.29) is 18.7 Å². The van der Waals surface area contributed by atoms with Gasteiger partial charge >= 0.3 is 5.97 Å². The lowest BCUT2D eigenvalue weighted by atomic mass is 9.86. The molecular weight excluding hydrogens is 276 g/mol. The molecule has 0 saturated carbocycles. The van der Waals surface area contributed by atoms with Crippen LogP contribution in [0.25, 0.3) is 0 Å². The number of nitrogens with one attached hydrogen (secondary N) is 2. The van der Waals surface area contributed by atoms with Crippen LogP contribution in [0.3, 0.4) is 0 Å². The molecule has 1 atom stereocenters. The predicted octanol–water partition coefficient (Wildman–Crippen LogP) is 1.01. The number of rotatable bonds is 6. The van der Waals surface area contributed by atoms with E-state index in [1.54, 1.807) is 26.8 Å². The Labute approximate surface area is 122 Å². The smallest absolute Gasteiger partial charge is 0.326 e.